The number of aryl methyl sites for hydroxylation is 1. The van der Waals surface area contributed by atoms with Crippen molar-refractivity contribution in [3.05, 3.63) is 76.7 Å². The fraction of sp³-hybridized carbons (Fsp3) is 0.240. The van der Waals surface area contributed by atoms with Crippen molar-refractivity contribution in [3.8, 4) is 5.75 Å². The average molecular weight is 450 g/mol. The van der Waals surface area contributed by atoms with Gasteiger partial charge in [0.15, 0.2) is 9.84 Å². The van der Waals surface area contributed by atoms with Crippen LogP contribution in [0.25, 0.3) is 11.6 Å². The van der Waals surface area contributed by atoms with E-state index in [4.69, 9.17) is 9.15 Å². The van der Waals surface area contributed by atoms with Gasteiger partial charge < -0.3 is 14.5 Å². The largest absolute Gasteiger partial charge is 0.497 e. The molecule has 0 atom stereocenters. The molecule has 0 saturated heterocycles. The van der Waals surface area contributed by atoms with Crippen molar-refractivity contribution in [2.45, 2.75) is 36.3 Å². The summed E-state index contributed by atoms with van der Waals surface area (Å²) in [5.41, 5.74) is 3.45. The summed E-state index contributed by atoms with van der Waals surface area (Å²) in [4.78, 5) is 13.0. The van der Waals surface area contributed by atoms with Gasteiger partial charge in [-0.3, -0.25) is 4.79 Å². The fourth-order valence-corrected chi connectivity index (χ4v) is 5.83. The van der Waals surface area contributed by atoms with Gasteiger partial charge in [0.25, 0.3) is 5.91 Å². The quantitative estimate of drug-likeness (QED) is 0.574. The van der Waals surface area contributed by atoms with Gasteiger partial charge in [-0.25, -0.2) is 8.42 Å². The Bertz CT molecular complexity index is 1340. The predicted octanol–water partition coefficient (Wildman–Crippen LogP) is 4.63. The second-order valence-electron chi connectivity index (χ2n) is 8.05. The first kappa shape index (κ1) is 20.6. The number of hydrogen-bond acceptors (Lipinski definition) is 5. The van der Waals surface area contributed by atoms with Crippen molar-refractivity contribution in [2.24, 2.45) is 0 Å². The van der Waals surface area contributed by atoms with Gasteiger partial charge in [-0.05, 0) is 61.2 Å². The summed E-state index contributed by atoms with van der Waals surface area (Å²) in [7, 11) is -2.00. The second-order valence-corrected chi connectivity index (χ2v) is 10.0. The van der Waals surface area contributed by atoms with E-state index in [0.717, 1.165) is 37.0 Å². The molecule has 164 valence electrons. The highest BCUT2D eigenvalue weighted by molar-refractivity contribution is 7.90. The highest BCUT2D eigenvalue weighted by Gasteiger charge is 2.30. The highest BCUT2D eigenvalue weighted by atomic mass is 32.2. The van der Waals surface area contributed by atoms with Crippen LogP contribution in [0.3, 0.4) is 0 Å². The van der Waals surface area contributed by atoms with E-state index in [0.29, 0.717) is 33.9 Å². The number of ether oxygens (including phenoxy) is 1. The Morgan fingerprint density at radius 3 is 2.66 bits per heavy atom. The lowest BCUT2D eigenvalue weighted by Gasteiger charge is -2.11. The van der Waals surface area contributed by atoms with Crippen LogP contribution in [0.5, 0.6) is 5.75 Å². The van der Waals surface area contributed by atoms with Gasteiger partial charge in [-0.2, -0.15) is 0 Å². The number of amides is 1. The highest BCUT2D eigenvalue weighted by Crippen LogP contribution is 2.39. The number of nitrogens with one attached hydrogen (secondary N) is 1. The Morgan fingerprint density at radius 2 is 1.88 bits per heavy atom. The molecule has 0 unspecified atom stereocenters. The van der Waals surface area contributed by atoms with Crippen LogP contribution >= 0.6 is 0 Å². The number of carbonyl (C=O) groups is 1. The van der Waals surface area contributed by atoms with Crippen molar-refractivity contribution in [3.63, 3.8) is 0 Å². The summed E-state index contributed by atoms with van der Waals surface area (Å²) in [6, 6.07) is 13.8. The molecule has 2 heterocycles. The third kappa shape index (κ3) is 3.62. The lowest BCUT2D eigenvalue weighted by atomic mass is 9.95. The van der Waals surface area contributed by atoms with Crippen LogP contribution in [0.1, 0.15) is 41.1 Å². The van der Waals surface area contributed by atoms with E-state index >= 15 is 0 Å². The van der Waals surface area contributed by atoms with Gasteiger partial charge in [0.2, 0.25) is 0 Å². The smallest absolute Gasteiger partial charge is 0.256 e. The summed E-state index contributed by atoms with van der Waals surface area (Å²) in [6.07, 6.45) is 5.21. The Kier molecular flexibility index (Phi) is 5.13. The Balaban J connectivity index is 1.62. The molecule has 0 spiro atoms. The summed E-state index contributed by atoms with van der Waals surface area (Å²) in [5.74, 6) is 1.49. The molecule has 1 aliphatic carbocycles. The molecule has 3 aromatic rings. The molecular weight excluding hydrogens is 426 g/mol. The normalized spacial score (nSPS) is 16.5. The van der Waals surface area contributed by atoms with E-state index in [2.05, 4.69) is 5.32 Å². The van der Waals surface area contributed by atoms with Gasteiger partial charge >= 0.3 is 0 Å². The number of rotatable bonds is 5. The van der Waals surface area contributed by atoms with Crippen molar-refractivity contribution in [2.75, 3.05) is 12.4 Å². The number of fused-ring (bicyclic) bond motifs is 2. The standard InChI is InChI=1S/C25H23NO5S/c1-30-16-11-12-22-19(13-16)20(25(27)26-22)14-24-21(18-9-5-6-10-23(18)31-24)15-32(28,29)17-7-3-2-4-8-17/h2-4,7-8,11-14H,5-6,9-10,15H2,1H3,(H,26,27). The van der Waals surface area contributed by atoms with E-state index in [1.807, 2.05) is 0 Å². The third-order valence-corrected chi connectivity index (χ3v) is 7.69. The van der Waals surface area contributed by atoms with Crippen LogP contribution in [0.4, 0.5) is 5.69 Å². The molecule has 1 aromatic heterocycles. The van der Waals surface area contributed by atoms with Crippen molar-refractivity contribution in [1.82, 2.24) is 0 Å². The monoisotopic (exact) mass is 449 g/mol. The van der Waals surface area contributed by atoms with Crippen LogP contribution in [0, 0.1) is 0 Å². The minimum absolute atomic E-state index is 0.165. The van der Waals surface area contributed by atoms with E-state index in [-0.39, 0.29) is 16.6 Å². The SMILES string of the molecule is COc1ccc2c(c1)C(=Cc1oc3c(c1CS(=O)(=O)c1ccccc1)CCCC3)C(=O)N2. The van der Waals surface area contributed by atoms with Crippen LogP contribution in [-0.2, 0) is 33.2 Å². The van der Waals surface area contributed by atoms with Gasteiger partial charge in [0, 0.05) is 23.2 Å². The number of carbonyl (C=O) groups excluding carboxylic acids is 1. The summed E-state index contributed by atoms with van der Waals surface area (Å²) in [5, 5.41) is 2.85. The average Bonchev–Trinajstić information content (AvgIpc) is 3.30. The number of hydrogen-bond donors (Lipinski definition) is 1. The maximum atomic E-state index is 13.2. The second kappa shape index (κ2) is 7.98. The van der Waals surface area contributed by atoms with E-state index < -0.39 is 9.84 Å². The molecule has 1 aliphatic heterocycles. The Labute approximate surface area is 186 Å². The number of anilines is 1. The summed E-state index contributed by atoms with van der Waals surface area (Å²) in [6.45, 7) is 0. The molecule has 32 heavy (non-hydrogen) atoms. The maximum Gasteiger partial charge on any atom is 0.256 e. The predicted molar refractivity (Wildman–Crippen MR) is 122 cm³/mol. The Hall–Kier alpha value is -3.32. The topological polar surface area (TPSA) is 85.6 Å². The molecule has 7 heteroatoms. The van der Waals surface area contributed by atoms with Crippen LogP contribution in [0.15, 0.2) is 57.8 Å². The molecule has 5 rings (SSSR count). The first-order valence-corrected chi connectivity index (χ1v) is 12.2. The molecule has 1 amide bonds. The minimum atomic E-state index is -3.57. The zero-order valence-corrected chi connectivity index (χ0v) is 18.5. The summed E-state index contributed by atoms with van der Waals surface area (Å²) < 4.78 is 37.8. The molecule has 1 N–H and O–H groups in total. The first-order valence-electron chi connectivity index (χ1n) is 10.6. The van der Waals surface area contributed by atoms with Gasteiger partial charge in [0.05, 0.1) is 23.3 Å². The molecule has 0 bridgehead atoms. The zero-order chi connectivity index (χ0) is 22.3. The fourth-order valence-electron chi connectivity index (χ4n) is 4.40. The molecule has 0 radical (unpaired) electrons. The van der Waals surface area contributed by atoms with Crippen molar-refractivity contribution >= 4 is 33.1 Å². The molecule has 6 nitrogen and oxygen atoms in total. The maximum absolute atomic E-state index is 13.2. The van der Waals surface area contributed by atoms with Gasteiger partial charge in [-0.1, -0.05) is 18.2 Å². The van der Waals surface area contributed by atoms with Crippen molar-refractivity contribution in [1.29, 1.82) is 0 Å². The Morgan fingerprint density at radius 1 is 1.09 bits per heavy atom. The molecule has 0 saturated carbocycles. The van der Waals surface area contributed by atoms with Crippen LogP contribution < -0.4 is 10.1 Å². The van der Waals surface area contributed by atoms with Gasteiger partial charge in [-0.15, -0.1) is 0 Å². The first-order chi connectivity index (χ1) is 15.5. The third-order valence-electron chi connectivity index (χ3n) is 6.03. The van der Waals surface area contributed by atoms with Crippen LogP contribution in [0.2, 0.25) is 0 Å². The number of benzene rings is 2. The van der Waals surface area contributed by atoms with Crippen molar-refractivity contribution < 1.29 is 22.4 Å². The molecular formula is C25H23NO5S. The number of sulfone groups is 1. The van der Waals surface area contributed by atoms with E-state index in [1.54, 1.807) is 61.7 Å². The molecule has 2 aliphatic rings. The number of furan rings is 1. The lowest BCUT2D eigenvalue weighted by molar-refractivity contribution is -0.110. The molecule has 2 aromatic carbocycles. The molecule has 0 fully saturated rings. The zero-order valence-electron chi connectivity index (χ0n) is 17.7. The lowest BCUT2D eigenvalue weighted by Crippen LogP contribution is -2.09. The van der Waals surface area contributed by atoms with E-state index in [9.17, 15) is 13.2 Å². The minimum Gasteiger partial charge on any atom is -0.497 e. The van der Waals surface area contributed by atoms with Gasteiger partial charge in [0.1, 0.15) is 17.3 Å². The van der Waals surface area contributed by atoms with E-state index in [1.165, 1.54) is 0 Å². The summed E-state index contributed by atoms with van der Waals surface area (Å²) >= 11 is 0. The number of methoxy groups -OCH3 is 1. The van der Waals surface area contributed by atoms with Crippen LogP contribution in [-0.4, -0.2) is 21.4 Å².